The van der Waals surface area contributed by atoms with E-state index in [-0.39, 0.29) is 5.56 Å². The van der Waals surface area contributed by atoms with E-state index in [0.29, 0.717) is 23.0 Å². The standard InChI is InChI=1S/C13H9N3O3S/c1-7-14-10(6-20-7)12-15-11(16-19-12)8-3-2-4-9(5-8)13(17)18/h2-6H,1H3,(H,17,18). The van der Waals surface area contributed by atoms with E-state index in [4.69, 9.17) is 9.63 Å². The normalized spacial score (nSPS) is 10.7. The summed E-state index contributed by atoms with van der Waals surface area (Å²) in [6.45, 7) is 1.89. The maximum absolute atomic E-state index is 10.9. The minimum absolute atomic E-state index is 0.179. The van der Waals surface area contributed by atoms with Crippen LogP contribution in [0.15, 0.2) is 34.2 Å². The highest BCUT2D eigenvalue weighted by atomic mass is 32.1. The first-order valence-corrected chi connectivity index (χ1v) is 6.61. The van der Waals surface area contributed by atoms with Crippen LogP contribution in [0.3, 0.4) is 0 Å². The number of carboxylic acids is 1. The Hall–Kier alpha value is -2.54. The van der Waals surface area contributed by atoms with Gasteiger partial charge in [-0.15, -0.1) is 11.3 Å². The van der Waals surface area contributed by atoms with Crippen molar-refractivity contribution in [1.82, 2.24) is 15.1 Å². The number of hydrogen-bond donors (Lipinski definition) is 1. The summed E-state index contributed by atoms with van der Waals surface area (Å²) in [5.41, 5.74) is 1.39. The molecule has 0 aliphatic carbocycles. The molecule has 0 saturated carbocycles. The second kappa shape index (κ2) is 4.86. The topological polar surface area (TPSA) is 89.1 Å². The van der Waals surface area contributed by atoms with Crippen molar-refractivity contribution in [2.24, 2.45) is 0 Å². The average molecular weight is 287 g/mol. The van der Waals surface area contributed by atoms with Crippen molar-refractivity contribution in [2.75, 3.05) is 0 Å². The third kappa shape index (κ3) is 2.30. The van der Waals surface area contributed by atoms with Crippen LogP contribution in [0.4, 0.5) is 0 Å². The predicted molar refractivity (Wildman–Crippen MR) is 72.5 cm³/mol. The van der Waals surface area contributed by atoms with Crippen molar-refractivity contribution in [3.8, 4) is 23.0 Å². The molecule has 6 nitrogen and oxygen atoms in total. The Morgan fingerprint density at radius 3 is 2.90 bits per heavy atom. The van der Waals surface area contributed by atoms with Crippen molar-refractivity contribution in [1.29, 1.82) is 0 Å². The third-order valence-corrected chi connectivity index (χ3v) is 3.41. The van der Waals surface area contributed by atoms with E-state index in [1.807, 2.05) is 12.3 Å². The van der Waals surface area contributed by atoms with Crippen molar-refractivity contribution in [3.05, 3.63) is 40.2 Å². The number of benzene rings is 1. The second-order valence-corrected chi connectivity index (χ2v) is 5.12. The molecule has 3 aromatic rings. The summed E-state index contributed by atoms with van der Waals surface area (Å²) in [7, 11) is 0. The molecule has 0 saturated heterocycles. The lowest BCUT2D eigenvalue weighted by Gasteiger charge is -1.96. The molecule has 2 aromatic heterocycles. The highest BCUT2D eigenvalue weighted by molar-refractivity contribution is 7.09. The maximum Gasteiger partial charge on any atom is 0.335 e. The van der Waals surface area contributed by atoms with E-state index < -0.39 is 5.97 Å². The van der Waals surface area contributed by atoms with Gasteiger partial charge in [-0.2, -0.15) is 4.98 Å². The molecule has 3 rings (SSSR count). The zero-order valence-corrected chi connectivity index (χ0v) is 11.2. The molecule has 0 atom stereocenters. The van der Waals surface area contributed by atoms with E-state index in [1.54, 1.807) is 12.1 Å². The number of rotatable bonds is 3. The molecular formula is C13H9N3O3S. The maximum atomic E-state index is 10.9. The van der Waals surface area contributed by atoms with Crippen molar-refractivity contribution < 1.29 is 14.4 Å². The van der Waals surface area contributed by atoms with Crippen LogP contribution in [0.2, 0.25) is 0 Å². The molecule has 0 radical (unpaired) electrons. The molecule has 2 heterocycles. The molecule has 1 aromatic carbocycles. The fraction of sp³-hybridized carbons (Fsp3) is 0.0769. The fourth-order valence-corrected chi connectivity index (χ4v) is 2.28. The number of hydrogen-bond acceptors (Lipinski definition) is 6. The lowest BCUT2D eigenvalue weighted by Crippen LogP contribution is -1.96. The van der Waals surface area contributed by atoms with Crippen LogP contribution in [0, 0.1) is 6.92 Å². The SMILES string of the molecule is Cc1nc(-c2nc(-c3cccc(C(=O)O)c3)no2)cs1. The number of aromatic carboxylic acids is 1. The van der Waals surface area contributed by atoms with Crippen LogP contribution in [0.5, 0.6) is 0 Å². The Morgan fingerprint density at radius 2 is 2.20 bits per heavy atom. The molecular weight excluding hydrogens is 278 g/mol. The number of aryl methyl sites for hydroxylation is 1. The summed E-state index contributed by atoms with van der Waals surface area (Å²) in [5.74, 6) is -0.329. The van der Waals surface area contributed by atoms with Crippen molar-refractivity contribution >= 4 is 17.3 Å². The Kier molecular flexibility index (Phi) is 3.03. The Bertz CT molecular complexity index is 779. The monoisotopic (exact) mass is 287 g/mol. The van der Waals surface area contributed by atoms with E-state index in [0.717, 1.165) is 5.01 Å². The molecule has 0 bridgehead atoms. The Labute approximate surface area is 117 Å². The van der Waals surface area contributed by atoms with Crippen LogP contribution < -0.4 is 0 Å². The van der Waals surface area contributed by atoms with Gasteiger partial charge in [0.1, 0.15) is 5.69 Å². The van der Waals surface area contributed by atoms with Gasteiger partial charge in [-0.1, -0.05) is 17.3 Å². The first-order chi connectivity index (χ1) is 9.63. The van der Waals surface area contributed by atoms with E-state index >= 15 is 0 Å². The van der Waals surface area contributed by atoms with Crippen LogP contribution in [-0.4, -0.2) is 26.2 Å². The van der Waals surface area contributed by atoms with Crippen LogP contribution in [0.25, 0.3) is 23.0 Å². The Morgan fingerprint density at radius 1 is 1.35 bits per heavy atom. The summed E-state index contributed by atoms with van der Waals surface area (Å²) >= 11 is 1.49. The number of carbonyl (C=O) groups is 1. The Balaban J connectivity index is 1.98. The first kappa shape index (κ1) is 12.5. The predicted octanol–water partition coefficient (Wildman–Crippen LogP) is 2.87. The largest absolute Gasteiger partial charge is 0.478 e. The molecule has 7 heteroatoms. The van der Waals surface area contributed by atoms with Gasteiger partial charge in [0.25, 0.3) is 5.89 Å². The average Bonchev–Trinajstić information content (AvgIpc) is 3.07. The minimum atomic E-state index is -0.995. The zero-order valence-electron chi connectivity index (χ0n) is 10.4. The smallest absolute Gasteiger partial charge is 0.335 e. The van der Waals surface area contributed by atoms with Gasteiger partial charge < -0.3 is 9.63 Å². The quantitative estimate of drug-likeness (QED) is 0.796. The van der Waals surface area contributed by atoms with Gasteiger partial charge in [-0.05, 0) is 19.1 Å². The molecule has 0 aliphatic heterocycles. The zero-order chi connectivity index (χ0) is 14.1. The van der Waals surface area contributed by atoms with Gasteiger partial charge in [-0.25, -0.2) is 9.78 Å². The molecule has 0 unspecified atom stereocenters. The van der Waals surface area contributed by atoms with E-state index in [1.165, 1.54) is 23.5 Å². The van der Waals surface area contributed by atoms with Gasteiger partial charge in [0, 0.05) is 10.9 Å². The van der Waals surface area contributed by atoms with Gasteiger partial charge in [-0.3, -0.25) is 0 Å². The molecule has 20 heavy (non-hydrogen) atoms. The van der Waals surface area contributed by atoms with Gasteiger partial charge in [0.05, 0.1) is 10.6 Å². The highest BCUT2D eigenvalue weighted by Crippen LogP contribution is 2.23. The first-order valence-electron chi connectivity index (χ1n) is 5.73. The number of nitrogens with zero attached hydrogens (tertiary/aromatic N) is 3. The summed E-state index contributed by atoms with van der Waals surface area (Å²) in [6, 6.07) is 6.38. The van der Waals surface area contributed by atoms with Crippen molar-refractivity contribution in [2.45, 2.75) is 6.92 Å². The summed E-state index contributed by atoms with van der Waals surface area (Å²) in [5, 5.41) is 15.6. The molecule has 0 aliphatic rings. The lowest BCUT2D eigenvalue weighted by atomic mass is 10.1. The number of aromatic nitrogens is 3. The number of thiazole rings is 1. The van der Waals surface area contributed by atoms with Crippen LogP contribution in [-0.2, 0) is 0 Å². The third-order valence-electron chi connectivity index (χ3n) is 2.63. The summed E-state index contributed by atoms with van der Waals surface area (Å²) in [6.07, 6.45) is 0. The summed E-state index contributed by atoms with van der Waals surface area (Å²) in [4.78, 5) is 19.4. The molecule has 0 amide bonds. The van der Waals surface area contributed by atoms with Crippen molar-refractivity contribution in [3.63, 3.8) is 0 Å². The number of carboxylic acid groups (broad SMARTS) is 1. The highest BCUT2D eigenvalue weighted by Gasteiger charge is 2.14. The van der Waals surface area contributed by atoms with Crippen LogP contribution >= 0.6 is 11.3 Å². The van der Waals surface area contributed by atoms with Gasteiger partial charge in [0.2, 0.25) is 5.82 Å². The molecule has 1 N–H and O–H groups in total. The molecule has 0 fully saturated rings. The second-order valence-electron chi connectivity index (χ2n) is 4.06. The van der Waals surface area contributed by atoms with Gasteiger partial charge in [0.15, 0.2) is 0 Å². The van der Waals surface area contributed by atoms with E-state index in [2.05, 4.69) is 15.1 Å². The summed E-state index contributed by atoms with van der Waals surface area (Å²) < 4.78 is 5.15. The minimum Gasteiger partial charge on any atom is -0.478 e. The fourth-order valence-electron chi connectivity index (χ4n) is 1.70. The van der Waals surface area contributed by atoms with Crippen LogP contribution in [0.1, 0.15) is 15.4 Å². The lowest BCUT2D eigenvalue weighted by molar-refractivity contribution is 0.0697. The molecule has 0 spiro atoms. The van der Waals surface area contributed by atoms with Gasteiger partial charge >= 0.3 is 5.97 Å². The molecule has 100 valence electrons. The van der Waals surface area contributed by atoms with E-state index in [9.17, 15) is 4.79 Å².